The molecule has 1 aromatic carbocycles. The Morgan fingerprint density at radius 1 is 1.03 bits per heavy atom. The zero-order chi connectivity index (χ0) is 21.8. The summed E-state index contributed by atoms with van der Waals surface area (Å²) in [7, 11) is 0. The average molecular weight is 429 g/mol. The summed E-state index contributed by atoms with van der Waals surface area (Å²) in [5.41, 5.74) is 3.12. The molecule has 0 spiro atoms. The molecule has 1 aliphatic rings. The average Bonchev–Trinajstić information content (AvgIpc) is 3.21. The molecule has 0 unspecified atom stereocenters. The molecule has 1 aliphatic carbocycles. The second-order valence-corrected chi connectivity index (χ2v) is 7.70. The van der Waals surface area contributed by atoms with Crippen molar-refractivity contribution in [2.45, 2.75) is 32.3 Å². The number of carbonyl (C=O) groups excluding carboxylic acids is 1. The van der Waals surface area contributed by atoms with E-state index in [0.717, 1.165) is 41.6 Å². The van der Waals surface area contributed by atoms with Crippen molar-refractivity contribution in [3.63, 3.8) is 0 Å². The number of anilines is 1. The number of aryl methyl sites for hydroxylation is 2. The van der Waals surface area contributed by atoms with E-state index in [9.17, 15) is 4.79 Å². The molecule has 0 radical (unpaired) electrons. The van der Waals surface area contributed by atoms with Gasteiger partial charge in [0.15, 0.2) is 18.2 Å². The summed E-state index contributed by atoms with van der Waals surface area (Å²) in [5, 5.41) is 3.85. The second kappa shape index (κ2) is 9.09. The number of rotatable bonds is 7. The highest BCUT2D eigenvalue weighted by Gasteiger charge is 2.18. The zero-order valence-electron chi connectivity index (χ0n) is 17.5. The van der Waals surface area contributed by atoms with Crippen LogP contribution in [-0.4, -0.2) is 22.5 Å². The highest BCUT2D eigenvalue weighted by Crippen LogP contribution is 2.34. The van der Waals surface area contributed by atoms with Gasteiger partial charge >= 0.3 is 0 Å². The quantitative estimate of drug-likeness (QED) is 0.458. The number of aromatic nitrogens is 2. The third-order valence-electron chi connectivity index (χ3n) is 5.47. The molecule has 4 aromatic rings. The van der Waals surface area contributed by atoms with Gasteiger partial charge in [-0.05, 0) is 67.3 Å². The summed E-state index contributed by atoms with van der Waals surface area (Å²) in [6.07, 6.45) is 9.36. The van der Waals surface area contributed by atoms with Crippen molar-refractivity contribution >= 4 is 22.7 Å². The molecule has 3 heterocycles. The first-order valence-corrected chi connectivity index (χ1v) is 10.7. The number of amides is 1. The Morgan fingerprint density at radius 2 is 1.91 bits per heavy atom. The van der Waals surface area contributed by atoms with Gasteiger partial charge in [-0.2, -0.15) is 0 Å². The zero-order valence-corrected chi connectivity index (χ0v) is 17.5. The Bertz CT molecular complexity index is 1240. The molecule has 0 saturated heterocycles. The normalized spacial score (nSPS) is 12.9. The number of pyridine rings is 2. The lowest BCUT2D eigenvalue weighted by molar-refractivity contribution is -0.118. The maximum Gasteiger partial charge on any atom is 0.263 e. The van der Waals surface area contributed by atoms with Crippen LogP contribution >= 0.6 is 0 Å². The maximum atomic E-state index is 12.5. The fourth-order valence-electron chi connectivity index (χ4n) is 3.89. The Labute approximate surface area is 185 Å². The predicted molar refractivity (Wildman–Crippen MR) is 120 cm³/mol. The maximum absolute atomic E-state index is 12.5. The van der Waals surface area contributed by atoms with E-state index >= 15 is 0 Å². The standard InChI is InChI=1S/C25H23N3O4/c29-24(28-25-23(6-3-11-27-25)31-15-17-9-12-26-13-10-17)16-30-18-7-8-22-20(14-18)19-4-1-2-5-21(19)32-22/h3,6-14H,1-2,4-5,15-16H2,(H,27,28,29). The van der Waals surface area contributed by atoms with Crippen molar-refractivity contribution in [2.75, 3.05) is 11.9 Å². The molecule has 0 atom stereocenters. The Hall–Kier alpha value is -3.87. The minimum absolute atomic E-state index is 0.133. The highest BCUT2D eigenvalue weighted by molar-refractivity contribution is 5.92. The molecule has 162 valence electrons. The molecule has 7 nitrogen and oxygen atoms in total. The van der Waals surface area contributed by atoms with Crippen LogP contribution < -0.4 is 14.8 Å². The first-order valence-electron chi connectivity index (χ1n) is 10.7. The Morgan fingerprint density at radius 3 is 2.81 bits per heavy atom. The van der Waals surface area contributed by atoms with Crippen molar-refractivity contribution in [1.82, 2.24) is 9.97 Å². The number of furan rings is 1. The molecule has 0 saturated carbocycles. The van der Waals surface area contributed by atoms with Crippen LogP contribution in [0.25, 0.3) is 11.0 Å². The molecule has 0 bridgehead atoms. The highest BCUT2D eigenvalue weighted by atomic mass is 16.5. The van der Waals surface area contributed by atoms with Gasteiger partial charge in [0.25, 0.3) is 5.91 Å². The SMILES string of the molecule is O=C(COc1ccc2oc3c(c2c1)CCCC3)Nc1ncccc1OCc1ccncc1. The first-order chi connectivity index (χ1) is 15.8. The summed E-state index contributed by atoms with van der Waals surface area (Å²) in [4.78, 5) is 20.7. The summed E-state index contributed by atoms with van der Waals surface area (Å²) in [5.74, 6) is 2.25. The third-order valence-corrected chi connectivity index (χ3v) is 5.47. The van der Waals surface area contributed by atoms with Crippen LogP contribution in [0.2, 0.25) is 0 Å². The second-order valence-electron chi connectivity index (χ2n) is 7.70. The van der Waals surface area contributed by atoms with Crippen molar-refractivity contribution < 1.29 is 18.7 Å². The van der Waals surface area contributed by atoms with E-state index in [1.807, 2.05) is 30.3 Å². The third kappa shape index (κ3) is 4.42. The summed E-state index contributed by atoms with van der Waals surface area (Å²) in [6.45, 7) is 0.217. The lowest BCUT2D eigenvalue weighted by Gasteiger charge is -2.12. The summed E-state index contributed by atoms with van der Waals surface area (Å²) in [6, 6.07) is 13.0. The lowest BCUT2D eigenvalue weighted by atomic mass is 9.96. The van der Waals surface area contributed by atoms with Gasteiger partial charge in [-0.3, -0.25) is 9.78 Å². The predicted octanol–water partition coefficient (Wildman–Crippen LogP) is 4.70. The summed E-state index contributed by atoms with van der Waals surface area (Å²) < 4.78 is 17.5. The van der Waals surface area contributed by atoms with Crippen molar-refractivity contribution in [1.29, 1.82) is 0 Å². The van der Waals surface area contributed by atoms with Gasteiger partial charge in [-0.25, -0.2) is 4.98 Å². The molecule has 5 rings (SSSR count). The van der Waals surface area contributed by atoms with Gasteiger partial charge in [0.2, 0.25) is 0 Å². The van der Waals surface area contributed by atoms with E-state index in [4.69, 9.17) is 13.9 Å². The number of nitrogens with zero attached hydrogens (tertiary/aromatic N) is 2. The van der Waals surface area contributed by atoms with Crippen LogP contribution in [0.4, 0.5) is 5.82 Å². The molecular formula is C25H23N3O4. The van der Waals surface area contributed by atoms with E-state index in [1.54, 1.807) is 30.7 Å². The molecule has 1 N–H and O–H groups in total. The molecule has 0 aliphatic heterocycles. The van der Waals surface area contributed by atoms with E-state index < -0.39 is 0 Å². The topological polar surface area (TPSA) is 86.5 Å². The minimum atomic E-state index is -0.313. The van der Waals surface area contributed by atoms with Crippen molar-refractivity contribution in [3.8, 4) is 11.5 Å². The van der Waals surface area contributed by atoms with Gasteiger partial charge in [0.1, 0.15) is 23.7 Å². The van der Waals surface area contributed by atoms with Gasteiger partial charge in [-0.15, -0.1) is 0 Å². The Balaban J connectivity index is 1.22. The molecule has 7 heteroatoms. The van der Waals surface area contributed by atoms with Gasteiger partial charge in [-0.1, -0.05) is 0 Å². The van der Waals surface area contributed by atoms with Gasteiger partial charge in [0.05, 0.1) is 0 Å². The number of hydrogen-bond acceptors (Lipinski definition) is 6. The number of carbonyl (C=O) groups is 1. The van der Waals surface area contributed by atoms with Crippen molar-refractivity contribution in [3.05, 3.63) is 77.9 Å². The summed E-state index contributed by atoms with van der Waals surface area (Å²) >= 11 is 0. The van der Waals surface area contributed by atoms with Crippen LogP contribution in [-0.2, 0) is 24.2 Å². The van der Waals surface area contributed by atoms with Crippen molar-refractivity contribution in [2.24, 2.45) is 0 Å². The van der Waals surface area contributed by atoms with Crippen LogP contribution in [0.15, 0.2) is 65.5 Å². The van der Waals surface area contributed by atoms with Crippen LogP contribution in [0, 0.1) is 0 Å². The fourth-order valence-corrected chi connectivity index (χ4v) is 3.89. The lowest BCUT2D eigenvalue weighted by Crippen LogP contribution is -2.21. The van der Waals surface area contributed by atoms with E-state index in [-0.39, 0.29) is 12.5 Å². The molecule has 1 amide bonds. The van der Waals surface area contributed by atoms with Crippen LogP contribution in [0.5, 0.6) is 11.5 Å². The van der Waals surface area contributed by atoms with E-state index in [0.29, 0.717) is 23.9 Å². The Kier molecular flexibility index (Phi) is 5.70. The number of ether oxygens (including phenoxy) is 2. The van der Waals surface area contributed by atoms with Crippen LogP contribution in [0.3, 0.4) is 0 Å². The molecular weight excluding hydrogens is 406 g/mol. The smallest absolute Gasteiger partial charge is 0.263 e. The molecule has 32 heavy (non-hydrogen) atoms. The number of hydrogen-bond donors (Lipinski definition) is 1. The number of nitrogens with one attached hydrogen (secondary N) is 1. The number of fused-ring (bicyclic) bond motifs is 3. The monoisotopic (exact) mass is 429 g/mol. The van der Waals surface area contributed by atoms with E-state index in [2.05, 4.69) is 15.3 Å². The largest absolute Gasteiger partial charge is 0.485 e. The fraction of sp³-hybridized carbons (Fsp3) is 0.240. The first kappa shape index (κ1) is 20.1. The van der Waals surface area contributed by atoms with Gasteiger partial charge in [0, 0.05) is 36.0 Å². The number of benzene rings is 1. The molecule has 3 aromatic heterocycles. The molecule has 0 fully saturated rings. The van der Waals surface area contributed by atoms with Gasteiger partial charge < -0.3 is 19.2 Å². The van der Waals surface area contributed by atoms with Crippen LogP contribution in [0.1, 0.15) is 29.7 Å². The minimum Gasteiger partial charge on any atom is -0.485 e. The van der Waals surface area contributed by atoms with E-state index in [1.165, 1.54) is 12.0 Å².